The highest BCUT2D eigenvalue weighted by atomic mass is 16.1. The number of nitrogens with zero attached hydrogens (tertiary/aromatic N) is 5. The number of anilines is 1. The van der Waals surface area contributed by atoms with Gasteiger partial charge in [0.2, 0.25) is 0 Å². The summed E-state index contributed by atoms with van der Waals surface area (Å²) in [6.07, 6.45) is 1.63. The predicted octanol–water partition coefficient (Wildman–Crippen LogP) is 1.61. The average Bonchev–Trinajstić information content (AvgIpc) is 2.68. The molecule has 2 aromatic heterocycles. The molecule has 1 saturated heterocycles. The molecular formula is C19H18N6O. The maximum Gasteiger partial charge on any atom is 0.267 e. The lowest BCUT2D eigenvalue weighted by Crippen LogP contribution is -2.44. The molecule has 3 aromatic rings. The van der Waals surface area contributed by atoms with Crippen LogP contribution < -0.4 is 10.5 Å². The van der Waals surface area contributed by atoms with Gasteiger partial charge in [-0.05, 0) is 37.4 Å². The van der Waals surface area contributed by atoms with E-state index < -0.39 is 5.56 Å². The van der Waals surface area contributed by atoms with E-state index in [1.165, 1.54) is 11.8 Å². The van der Waals surface area contributed by atoms with Gasteiger partial charge in [0, 0.05) is 49.0 Å². The second-order valence-corrected chi connectivity index (χ2v) is 6.46. The van der Waals surface area contributed by atoms with Crippen LogP contribution in [0, 0.1) is 11.3 Å². The van der Waals surface area contributed by atoms with Crippen LogP contribution in [0.2, 0.25) is 0 Å². The Bertz CT molecular complexity index is 1040. The Kier molecular flexibility index (Phi) is 4.11. The Balaban J connectivity index is 1.63. The zero-order valence-electron chi connectivity index (χ0n) is 14.4. The number of pyridine rings is 1. The number of aromatic nitrogens is 3. The van der Waals surface area contributed by atoms with Gasteiger partial charge in [-0.2, -0.15) is 5.26 Å². The van der Waals surface area contributed by atoms with E-state index in [0.29, 0.717) is 16.9 Å². The van der Waals surface area contributed by atoms with E-state index in [4.69, 9.17) is 5.26 Å². The number of hydrogen-bond donors (Lipinski definition) is 1. The minimum Gasteiger partial charge on any atom is -0.369 e. The third-order valence-corrected chi connectivity index (χ3v) is 4.71. The first-order valence-electron chi connectivity index (χ1n) is 8.48. The molecule has 0 saturated carbocycles. The summed E-state index contributed by atoms with van der Waals surface area (Å²) in [4.78, 5) is 28.0. The molecule has 1 aliphatic rings. The molecule has 1 aromatic carbocycles. The fraction of sp³-hybridized carbons (Fsp3) is 0.263. The number of aromatic amines is 1. The number of nitriles is 1. The van der Waals surface area contributed by atoms with Crippen molar-refractivity contribution in [2.24, 2.45) is 0 Å². The number of H-pyrrole nitrogens is 1. The van der Waals surface area contributed by atoms with Gasteiger partial charge in [0.1, 0.15) is 17.3 Å². The molecule has 3 heterocycles. The summed E-state index contributed by atoms with van der Waals surface area (Å²) in [5, 5.41) is 9.58. The normalized spacial score (nSPS) is 15.2. The van der Waals surface area contributed by atoms with E-state index in [1.807, 2.05) is 18.2 Å². The van der Waals surface area contributed by atoms with Crippen LogP contribution in [-0.2, 0) is 0 Å². The molecule has 1 N–H and O–H groups in total. The first kappa shape index (κ1) is 16.2. The van der Waals surface area contributed by atoms with Crippen LogP contribution in [-0.4, -0.2) is 53.1 Å². The Morgan fingerprint density at radius 1 is 1.15 bits per heavy atom. The molecule has 0 aliphatic carbocycles. The molecule has 0 radical (unpaired) electrons. The van der Waals surface area contributed by atoms with Crippen LogP contribution in [0.1, 0.15) is 5.56 Å². The lowest BCUT2D eigenvalue weighted by atomic mass is 10.1. The lowest BCUT2D eigenvalue weighted by molar-refractivity contribution is 0.313. The Labute approximate surface area is 150 Å². The summed E-state index contributed by atoms with van der Waals surface area (Å²) < 4.78 is 0. The quantitative estimate of drug-likeness (QED) is 0.758. The van der Waals surface area contributed by atoms with Crippen LogP contribution in [0.5, 0.6) is 0 Å². The van der Waals surface area contributed by atoms with Crippen LogP contribution in [0.15, 0.2) is 41.3 Å². The molecular weight excluding hydrogens is 328 g/mol. The smallest absolute Gasteiger partial charge is 0.267 e. The van der Waals surface area contributed by atoms with E-state index in [9.17, 15) is 4.79 Å². The molecule has 4 rings (SSSR count). The summed E-state index contributed by atoms with van der Waals surface area (Å²) in [7, 11) is 2.14. The minimum atomic E-state index is -0.435. The largest absolute Gasteiger partial charge is 0.369 e. The van der Waals surface area contributed by atoms with Gasteiger partial charge in [0.25, 0.3) is 5.56 Å². The molecule has 26 heavy (non-hydrogen) atoms. The van der Waals surface area contributed by atoms with E-state index in [0.717, 1.165) is 31.7 Å². The molecule has 0 atom stereocenters. The van der Waals surface area contributed by atoms with Crippen molar-refractivity contribution < 1.29 is 0 Å². The molecule has 7 nitrogen and oxygen atoms in total. The topological polar surface area (TPSA) is 88.9 Å². The van der Waals surface area contributed by atoms with Crippen LogP contribution >= 0.6 is 0 Å². The summed E-state index contributed by atoms with van der Waals surface area (Å²) in [6.45, 7) is 4.16. The maximum atomic E-state index is 11.8. The van der Waals surface area contributed by atoms with Gasteiger partial charge in [0.05, 0.1) is 0 Å². The molecule has 1 fully saturated rings. The lowest BCUT2D eigenvalue weighted by Gasteiger charge is -2.34. The van der Waals surface area contributed by atoms with Crippen molar-refractivity contribution >= 4 is 16.7 Å². The Morgan fingerprint density at radius 2 is 1.88 bits per heavy atom. The summed E-state index contributed by atoms with van der Waals surface area (Å²) in [5.74, 6) is 0.544. The molecule has 0 unspecified atom stereocenters. The average molecular weight is 346 g/mol. The standard InChI is InChI=1S/C19H18N6O/c1-24-6-8-25(9-7-24)16-4-2-13(3-5-16)17-21-12-15-10-14(11-20)19(26)23-18(15)22-17/h2-5,10,12H,6-9H2,1H3,(H,21,22,23,26). The van der Waals surface area contributed by atoms with Crippen molar-refractivity contribution in [1.29, 1.82) is 5.26 Å². The third kappa shape index (κ3) is 3.03. The SMILES string of the molecule is CN1CCN(c2ccc(-c3ncc4cc(C#N)c(=O)[nH]c4n3)cc2)CC1. The highest BCUT2D eigenvalue weighted by Gasteiger charge is 2.14. The van der Waals surface area contributed by atoms with E-state index >= 15 is 0 Å². The van der Waals surface area contributed by atoms with E-state index in [-0.39, 0.29) is 5.56 Å². The first-order chi connectivity index (χ1) is 12.6. The van der Waals surface area contributed by atoms with Crippen molar-refractivity contribution in [2.75, 3.05) is 38.1 Å². The first-order valence-corrected chi connectivity index (χ1v) is 8.48. The van der Waals surface area contributed by atoms with Crippen molar-refractivity contribution in [1.82, 2.24) is 19.9 Å². The number of likely N-dealkylation sites (N-methyl/N-ethyl adjacent to an activating group) is 1. The molecule has 0 amide bonds. The summed E-state index contributed by atoms with van der Waals surface area (Å²) in [6, 6.07) is 11.5. The zero-order chi connectivity index (χ0) is 18.1. The number of benzene rings is 1. The predicted molar refractivity (Wildman–Crippen MR) is 100 cm³/mol. The molecule has 130 valence electrons. The highest BCUT2D eigenvalue weighted by Crippen LogP contribution is 2.22. The van der Waals surface area contributed by atoms with Crippen molar-refractivity contribution in [3.05, 3.63) is 52.4 Å². The van der Waals surface area contributed by atoms with Gasteiger partial charge >= 0.3 is 0 Å². The maximum absolute atomic E-state index is 11.8. The van der Waals surface area contributed by atoms with E-state index in [1.54, 1.807) is 6.20 Å². The minimum absolute atomic E-state index is 0.0605. The second-order valence-electron chi connectivity index (χ2n) is 6.46. The molecule has 1 aliphatic heterocycles. The van der Waals surface area contributed by atoms with Gasteiger partial charge in [-0.25, -0.2) is 9.97 Å². The summed E-state index contributed by atoms with van der Waals surface area (Å²) >= 11 is 0. The number of piperazine rings is 1. The summed E-state index contributed by atoms with van der Waals surface area (Å²) in [5.41, 5.74) is 2.13. The highest BCUT2D eigenvalue weighted by molar-refractivity contribution is 5.77. The molecule has 0 bridgehead atoms. The van der Waals surface area contributed by atoms with Crippen LogP contribution in [0.25, 0.3) is 22.4 Å². The van der Waals surface area contributed by atoms with Crippen LogP contribution in [0.4, 0.5) is 5.69 Å². The fourth-order valence-corrected chi connectivity index (χ4v) is 3.10. The zero-order valence-corrected chi connectivity index (χ0v) is 14.4. The number of rotatable bonds is 2. The van der Waals surface area contributed by atoms with Crippen molar-refractivity contribution in [3.8, 4) is 17.5 Å². The Hall–Kier alpha value is -3.24. The number of nitrogens with one attached hydrogen (secondary N) is 1. The van der Waals surface area contributed by atoms with Crippen LogP contribution in [0.3, 0.4) is 0 Å². The van der Waals surface area contributed by atoms with Gasteiger partial charge in [-0.3, -0.25) is 4.79 Å². The van der Waals surface area contributed by atoms with Gasteiger partial charge in [-0.1, -0.05) is 0 Å². The van der Waals surface area contributed by atoms with Crippen molar-refractivity contribution in [3.63, 3.8) is 0 Å². The van der Waals surface area contributed by atoms with Gasteiger partial charge in [-0.15, -0.1) is 0 Å². The third-order valence-electron chi connectivity index (χ3n) is 4.71. The Morgan fingerprint density at radius 3 is 2.58 bits per heavy atom. The molecule has 0 spiro atoms. The van der Waals surface area contributed by atoms with Gasteiger partial charge < -0.3 is 14.8 Å². The molecule has 7 heteroatoms. The number of hydrogen-bond acceptors (Lipinski definition) is 6. The number of fused-ring (bicyclic) bond motifs is 1. The van der Waals surface area contributed by atoms with Gasteiger partial charge in [0.15, 0.2) is 5.82 Å². The monoisotopic (exact) mass is 346 g/mol. The van der Waals surface area contributed by atoms with E-state index in [2.05, 4.69) is 43.9 Å². The second kappa shape index (κ2) is 6.58. The van der Waals surface area contributed by atoms with Crippen molar-refractivity contribution in [2.45, 2.75) is 0 Å². The fourth-order valence-electron chi connectivity index (χ4n) is 3.10.